The van der Waals surface area contributed by atoms with E-state index in [4.69, 9.17) is 0 Å². The first-order chi connectivity index (χ1) is 13.5. The lowest BCUT2D eigenvalue weighted by atomic mass is 9.53. The van der Waals surface area contributed by atoms with Gasteiger partial charge in [0.2, 0.25) is 5.91 Å². The van der Waals surface area contributed by atoms with Gasteiger partial charge in [0.05, 0.1) is 16.9 Å². The summed E-state index contributed by atoms with van der Waals surface area (Å²) < 4.78 is 0. The Bertz CT molecular complexity index is 767. The molecular weight excluding hydrogens is 372 g/mol. The molecule has 0 saturated heterocycles. The van der Waals surface area contributed by atoms with E-state index in [9.17, 15) is 14.4 Å². The Labute approximate surface area is 169 Å². The Balaban J connectivity index is 1.10. The van der Waals surface area contributed by atoms with Crippen LogP contribution in [0.15, 0.2) is 24.3 Å². The van der Waals surface area contributed by atoms with Crippen molar-refractivity contribution < 1.29 is 14.4 Å². The predicted octanol–water partition coefficient (Wildman–Crippen LogP) is 3.10. The number of hydrogen-bond donors (Lipinski definition) is 1. The summed E-state index contributed by atoms with van der Waals surface area (Å²) in [4.78, 5) is 38.6. The molecule has 4 bridgehead atoms. The van der Waals surface area contributed by atoms with E-state index in [2.05, 4.69) is 5.32 Å². The Hall–Kier alpha value is -1.82. The molecule has 1 aromatic rings. The van der Waals surface area contributed by atoms with Crippen LogP contribution < -0.4 is 5.32 Å². The lowest BCUT2D eigenvalue weighted by Gasteiger charge is -2.56. The van der Waals surface area contributed by atoms with Gasteiger partial charge in [-0.15, -0.1) is 0 Å². The zero-order chi connectivity index (χ0) is 19.3. The molecule has 0 atom stereocenters. The molecule has 6 heteroatoms. The number of hydrogen-bond acceptors (Lipinski definition) is 4. The fraction of sp³-hybridized carbons (Fsp3) is 0.591. The Kier molecular flexibility index (Phi) is 4.49. The van der Waals surface area contributed by atoms with Crippen LogP contribution in [0.1, 0.15) is 59.2 Å². The van der Waals surface area contributed by atoms with E-state index in [1.165, 1.54) is 35.9 Å². The quantitative estimate of drug-likeness (QED) is 0.591. The van der Waals surface area contributed by atoms with Crippen LogP contribution in [0.4, 0.5) is 0 Å². The van der Waals surface area contributed by atoms with Crippen molar-refractivity contribution in [1.29, 1.82) is 0 Å². The molecule has 4 fully saturated rings. The summed E-state index contributed by atoms with van der Waals surface area (Å²) in [7, 11) is 0. The van der Waals surface area contributed by atoms with Gasteiger partial charge in [-0.05, 0) is 68.4 Å². The standard InChI is InChI=1S/C22H26N2O3S/c25-19(23-22-10-14-7-15(11-22)9-16(8-14)12-22)13-28-6-5-24-20(26)17-3-1-2-4-18(17)21(24)27/h1-4,14-16H,5-13H2,(H,23,25). The van der Waals surface area contributed by atoms with Gasteiger partial charge in [0.15, 0.2) is 0 Å². The first kappa shape index (κ1) is 18.2. The number of imide groups is 1. The van der Waals surface area contributed by atoms with Gasteiger partial charge < -0.3 is 5.32 Å². The van der Waals surface area contributed by atoms with Crippen molar-refractivity contribution in [3.8, 4) is 0 Å². The number of benzene rings is 1. The summed E-state index contributed by atoms with van der Waals surface area (Å²) in [6.45, 7) is 0.349. The van der Waals surface area contributed by atoms with Crippen LogP contribution in [0.5, 0.6) is 0 Å². The van der Waals surface area contributed by atoms with Crippen molar-refractivity contribution in [2.75, 3.05) is 18.1 Å². The number of carbonyl (C=O) groups is 3. The van der Waals surface area contributed by atoms with Gasteiger partial charge in [0, 0.05) is 17.8 Å². The highest BCUT2D eigenvalue weighted by molar-refractivity contribution is 7.99. The SMILES string of the molecule is O=C(CSCCN1C(=O)c2ccccc2C1=O)NC12CC3CC(CC(C3)C1)C2. The molecule has 1 aliphatic heterocycles. The second-order valence-electron chi connectivity index (χ2n) is 9.11. The minimum atomic E-state index is -0.223. The van der Waals surface area contributed by atoms with Gasteiger partial charge in [-0.25, -0.2) is 0 Å². The third-order valence-electron chi connectivity index (χ3n) is 7.01. The molecule has 0 spiro atoms. The van der Waals surface area contributed by atoms with Gasteiger partial charge in [-0.2, -0.15) is 11.8 Å². The second-order valence-corrected chi connectivity index (χ2v) is 10.2. The predicted molar refractivity (Wildman–Crippen MR) is 108 cm³/mol. The van der Waals surface area contributed by atoms with Gasteiger partial charge in [-0.1, -0.05) is 12.1 Å². The van der Waals surface area contributed by atoms with Gasteiger partial charge in [-0.3, -0.25) is 19.3 Å². The van der Waals surface area contributed by atoms with Crippen molar-refractivity contribution >= 4 is 29.5 Å². The van der Waals surface area contributed by atoms with Crippen LogP contribution in [-0.2, 0) is 4.79 Å². The van der Waals surface area contributed by atoms with E-state index in [-0.39, 0.29) is 23.3 Å². The van der Waals surface area contributed by atoms with E-state index in [1.807, 2.05) is 0 Å². The normalized spacial score (nSPS) is 32.7. The highest BCUT2D eigenvalue weighted by Crippen LogP contribution is 2.55. The number of rotatable bonds is 6. The molecule has 5 nitrogen and oxygen atoms in total. The highest BCUT2D eigenvalue weighted by atomic mass is 32.2. The molecule has 0 aromatic heterocycles. The van der Waals surface area contributed by atoms with E-state index >= 15 is 0 Å². The molecule has 6 rings (SSSR count). The van der Waals surface area contributed by atoms with Gasteiger partial charge in [0.25, 0.3) is 11.8 Å². The minimum absolute atomic E-state index is 0.0505. The van der Waals surface area contributed by atoms with E-state index in [1.54, 1.807) is 24.3 Å². The summed E-state index contributed by atoms with van der Waals surface area (Å²) in [5, 5.41) is 3.38. The van der Waals surface area contributed by atoms with Crippen LogP contribution in [0, 0.1) is 17.8 Å². The maximum absolute atomic E-state index is 12.6. The van der Waals surface area contributed by atoms with Crippen LogP contribution in [-0.4, -0.2) is 46.2 Å². The number of nitrogens with one attached hydrogen (secondary N) is 1. The van der Waals surface area contributed by atoms with Crippen LogP contribution in [0.3, 0.4) is 0 Å². The van der Waals surface area contributed by atoms with Crippen molar-refractivity contribution in [2.24, 2.45) is 17.8 Å². The van der Waals surface area contributed by atoms with E-state index in [0.29, 0.717) is 29.2 Å². The van der Waals surface area contributed by atoms with E-state index in [0.717, 1.165) is 37.0 Å². The van der Waals surface area contributed by atoms with Crippen molar-refractivity contribution in [2.45, 2.75) is 44.1 Å². The summed E-state index contributed by atoms with van der Waals surface area (Å²) in [6, 6.07) is 6.94. The van der Waals surface area contributed by atoms with Crippen molar-refractivity contribution in [3.05, 3.63) is 35.4 Å². The zero-order valence-electron chi connectivity index (χ0n) is 16.0. The average molecular weight is 399 g/mol. The molecule has 4 saturated carbocycles. The molecule has 1 aromatic carbocycles. The fourth-order valence-corrected chi connectivity index (χ4v) is 7.07. The molecule has 148 valence electrons. The van der Waals surface area contributed by atoms with Crippen molar-refractivity contribution in [3.63, 3.8) is 0 Å². The number of carbonyl (C=O) groups excluding carboxylic acids is 3. The molecular formula is C22H26N2O3S. The summed E-state index contributed by atoms with van der Waals surface area (Å²) in [6.07, 6.45) is 7.57. The monoisotopic (exact) mass is 398 g/mol. The highest BCUT2D eigenvalue weighted by Gasteiger charge is 2.51. The number of thioether (sulfide) groups is 1. The summed E-state index contributed by atoms with van der Waals surface area (Å²) in [5.41, 5.74) is 1.02. The summed E-state index contributed by atoms with van der Waals surface area (Å²) in [5.74, 6) is 3.08. The van der Waals surface area contributed by atoms with Crippen LogP contribution in [0.2, 0.25) is 0 Å². The molecule has 3 amide bonds. The smallest absolute Gasteiger partial charge is 0.261 e. The second kappa shape index (κ2) is 6.90. The van der Waals surface area contributed by atoms with Crippen LogP contribution in [0.25, 0.3) is 0 Å². The molecule has 1 heterocycles. The van der Waals surface area contributed by atoms with E-state index < -0.39 is 0 Å². The van der Waals surface area contributed by atoms with Gasteiger partial charge >= 0.3 is 0 Å². The van der Waals surface area contributed by atoms with Crippen LogP contribution >= 0.6 is 11.8 Å². The average Bonchev–Trinajstić information content (AvgIpc) is 2.88. The Morgan fingerprint density at radius 3 is 2.07 bits per heavy atom. The maximum atomic E-state index is 12.6. The largest absolute Gasteiger partial charge is 0.350 e. The lowest BCUT2D eigenvalue weighted by Crippen LogP contribution is -2.60. The molecule has 28 heavy (non-hydrogen) atoms. The molecule has 4 aliphatic carbocycles. The maximum Gasteiger partial charge on any atom is 0.261 e. The lowest BCUT2D eigenvalue weighted by molar-refractivity contribution is -0.124. The fourth-order valence-electron chi connectivity index (χ4n) is 6.36. The Morgan fingerprint density at radius 1 is 1.00 bits per heavy atom. The summed E-state index contributed by atoms with van der Waals surface area (Å²) >= 11 is 1.50. The number of amides is 3. The molecule has 5 aliphatic rings. The zero-order valence-corrected chi connectivity index (χ0v) is 16.8. The number of fused-ring (bicyclic) bond motifs is 1. The first-order valence-corrected chi connectivity index (χ1v) is 11.5. The minimum Gasteiger partial charge on any atom is -0.350 e. The topological polar surface area (TPSA) is 66.5 Å². The van der Waals surface area contributed by atoms with Crippen molar-refractivity contribution in [1.82, 2.24) is 10.2 Å². The molecule has 1 N–H and O–H groups in total. The third-order valence-corrected chi connectivity index (χ3v) is 7.95. The third kappa shape index (κ3) is 3.15. The van der Waals surface area contributed by atoms with Gasteiger partial charge in [0.1, 0.15) is 0 Å². The first-order valence-electron chi connectivity index (χ1n) is 10.4. The number of nitrogens with zero attached hydrogens (tertiary/aromatic N) is 1. The Morgan fingerprint density at radius 2 is 1.54 bits per heavy atom. The molecule has 0 radical (unpaired) electrons. The molecule has 0 unspecified atom stereocenters.